The Kier molecular flexibility index (Phi) is 4.66. The maximum Gasteiger partial charge on any atom is 0.217 e. The van der Waals surface area contributed by atoms with Crippen LogP contribution in [0.25, 0.3) is 0 Å². The van der Waals surface area contributed by atoms with Crippen LogP contribution >= 0.6 is 0 Å². The lowest BCUT2D eigenvalue weighted by Gasteiger charge is -2.25. The van der Waals surface area contributed by atoms with Crippen molar-refractivity contribution in [3.63, 3.8) is 0 Å². The Morgan fingerprint density at radius 1 is 1.64 bits per heavy atom. The number of rotatable bonds is 4. The molecule has 1 aliphatic rings. The van der Waals surface area contributed by atoms with Gasteiger partial charge in [-0.2, -0.15) is 0 Å². The summed E-state index contributed by atoms with van der Waals surface area (Å²) in [4.78, 5) is 13.1. The van der Waals surface area contributed by atoms with Crippen molar-refractivity contribution in [1.82, 2.24) is 10.2 Å². The van der Waals surface area contributed by atoms with E-state index in [-0.39, 0.29) is 5.91 Å². The predicted molar refractivity (Wildman–Crippen MR) is 58.1 cm³/mol. The van der Waals surface area contributed by atoms with Gasteiger partial charge in [-0.15, -0.1) is 0 Å². The average Bonchev–Trinajstić information content (AvgIpc) is 2.17. The summed E-state index contributed by atoms with van der Waals surface area (Å²) in [6.45, 7) is 7.87. The molecule has 1 rings (SSSR count). The van der Waals surface area contributed by atoms with Gasteiger partial charge in [-0.05, 0) is 19.4 Å². The average molecular weight is 196 g/mol. The van der Waals surface area contributed by atoms with Gasteiger partial charge in [0.1, 0.15) is 0 Å². The van der Waals surface area contributed by atoms with Gasteiger partial charge in [0.05, 0.1) is 0 Å². The summed E-state index contributed by atoms with van der Waals surface area (Å²) in [7, 11) is 0. The number of carbonyl (C=O) groups is 1. The minimum atomic E-state index is 0.0573. The van der Waals surface area contributed by atoms with Crippen LogP contribution in [0.15, 0.2) is 11.6 Å². The molecule has 3 heteroatoms. The maximum absolute atomic E-state index is 10.7. The molecule has 0 aromatic carbocycles. The fraction of sp³-hybridized carbons (Fsp3) is 0.727. The molecule has 0 saturated heterocycles. The molecule has 0 radical (unpaired) electrons. The summed E-state index contributed by atoms with van der Waals surface area (Å²) in [6.07, 6.45) is 4.56. The van der Waals surface area contributed by atoms with Crippen LogP contribution in [0.4, 0.5) is 0 Å². The molecule has 0 aliphatic carbocycles. The fourth-order valence-electron chi connectivity index (χ4n) is 1.67. The third-order valence-electron chi connectivity index (χ3n) is 2.49. The highest BCUT2D eigenvalue weighted by Crippen LogP contribution is 2.09. The summed E-state index contributed by atoms with van der Waals surface area (Å²) < 4.78 is 0. The van der Waals surface area contributed by atoms with Crippen molar-refractivity contribution in [2.75, 3.05) is 26.2 Å². The van der Waals surface area contributed by atoms with E-state index in [1.807, 2.05) is 0 Å². The van der Waals surface area contributed by atoms with Crippen molar-refractivity contribution in [1.29, 1.82) is 0 Å². The monoisotopic (exact) mass is 196 g/mol. The largest absolute Gasteiger partial charge is 0.353 e. The van der Waals surface area contributed by atoms with Crippen LogP contribution in [-0.2, 0) is 4.79 Å². The summed E-state index contributed by atoms with van der Waals surface area (Å²) in [5.74, 6) is 0.0573. The molecule has 0 spiro atoms. The fourth-order valence-corrected chi connectivity index (χ4v) is 1.67. The third kappa shape index (κ3) is 3.92. The molecule has 0 atom stereocenters. The third-order valence-corrected chi connectivity index (χ3v) is 2.49. The van der Waals surface area contributed by atoms with Gasteiger partial charge in [0.25, 0.3) is 0 Å². The Labute approximate surface area is 86.2 Å². The van der Waals surface area contributed by atoms with Crippen molar-refractivity contribution < 1.29 is 4.79 Å². The number of hydrogen-bond acceptors (Lipinski definition) is 2. The number of carbonyl (C=O) groups excluding carboxylic acids is 1. The lowest BCUT2D eigenvalue weighted by atomic mass is 10.1. The molecule has 1 heterocycles. The first-order valence-electron chi connectivity index (χ1n) is 5.37. The highest BCUT2D eigenvalue weighted by molar-refractivity contribution is 5.73. The van der Waals surface area contributed by atoms with Gasteiger partial charge in [-0.3, -0.25) is 9.69 Å². The molecule has 14 heavy (non-hydrogen) atoms. The second-order valence-corrected chi connectivity index (χ2v) is 3.82. The van der Waals surface area contributed by atoms with Gasteiger partial charge in [0, 0.05) is 26.6 Å². The molecule has 0 aromatic rings. The minimum Gasteiger partial charge on any atom is -0.353 e. The molecular weight excluding hydrogens is 176 g/mol. The van der Waals surface area contributed by atoms with E-state index in [4.69, 9.17) is 0 Å². The SMILES string of the molecule is CCCN1CC=C(CNC(C)=O)CC1. The first-order valence-corrected chi connectivity index (χ1v) is 5.37. The Hall–Kier alpha value is -0.830. The molecule has 3 nitrogen and oxygen atoms in total. The van der Waals surface area contributed by atoms with Crippen LogP contribution in [0.3, 0.4) is 0 Å². The maximum atomic E-state index is 10.7. The Morgan fingerprint density at radius 2 is 2.43 bits per heavy atom. The summed E-state index contributed by atoms with van der Waals surface area (Å²) in [5, 5.41) is 2.84. The zero-order valence-electron chi connectivity index (χ0n) is 9.18. The van der Waals surface area contributed by atoms with Gasteiger partial charge in [-0.25, -0.2) is 0 Å². The molecule has 0 bridgehead atoms. The first-order chi connectivity index (χ1) is 6.72. The minimum absolute atomic E-state index is 0.0573. The quantitative estimate of drug-likeness (QED) is 0.684. The van der Waals surface area contributed by atoms with Crippen LogP contribution in [0, 0.1) is 0 Å². The molecule has 80 valence electrons. The van der Waals surface area contributed by atoms with E-state index in [0.717, 1.165) is 26.1 Å². The van der Waals surface area contributed by atoms with E-state index >= 15 is 0 Å². The second-order valence-electron chi connectivity index (χ2n) is 3.82. The van der Waals surface area contributed by atoms with Gasteiger partial charge >= 0.3 is 0 Å². The van der Waals surface area contributed by atoms with Crippen LogP contribution in [-0.4, -0.2) is 37.0 Å². The van der Waals surface area contributed by atoms with Crippen LogP contribution < -0.4 is 5.32 Å². The van der Waals surface area contributed by atoms with Crippen molar-refractivity contribution in [3.05, 3.63) is 11.6 Å². The molecule has 0 saturated carbocycles. The Morgan fingerprint density at radius 3 is 2.93 bits per heavy atom. The zero-order valence-corrected chi connectivity index (χ0v) is 9.18. The standard InChI is InChI=1S/C11H20N2O/c1-3-6-13-7-4-11(5-8-13)9-12-10(2)14/h4H,3,5-9H2,1-2H3,(H,12,14). The van der Waals surface area contributed by atoms with Crippen molar-refractivity contribution in [2.45, 2.75) is 26.7 Å². The highest BCUT2D eigenvalue weighted by Gasteiger charge is 2.10. The van der Waals surface area contributed by atoms with E-state index in [2.05, 4.69) is 23.2 Å². The normalized spacial score (nSPS) is 17.7. The molecule has 1 N–H and O–H groups in total. The Bertz CT molecular complexity index is 223. The highest BCUT2D eigenvalue weighted by atomic mass is 16.1. The number of hydrogen-bond donors (Lipinski definition) is 1. The molecular formula is C11H20N2O. The van der Waals surface area contributed by atoms with Crippen molar-refractivity contribution in [3.8, 4) is 0 Å². The van der Waals surface area contributed by atoms with E-state index in [9.17, 15) is 4.79 Å². The smallest absolute Gasteiger partial charge is 0.217 e. The predicted octanol–water partition coefficient (Wildman–Crippen LogP) is 1.16. The van der Waals surface area contributed by atoms with Gasteiger partial charge in [0.15, 0.2) is 0 Å². The number of amides is 1. The van der Waals surface area contributed by atoms with Crippen LogP contribution in [0.5, 0.6) is 0 Å². The van der Waals surface area contributed by atoms with Crippen LogP contribution in [0.2, 0.25) is 0 Å². The topological polar surface area (TPSA) is 32.3 Å². The number of nitrogens with one attached hydrogen (secondary N) is 1. The van der Waals surface area contributed by atoms with Crippen LogP contribution in [0.1, 0.15) is 26.7 Å². The van der Waals surface area contributed by atoms with Gasteiger partial charge in [-0.1, -0.05) is 18.6 Å². The first kappa shape index (κ1) is 11.2. The molecule has 0 unspecified atom stereocenters. The Balaban J connectivity index is 2.26. The van der Waals surface area contributed by atoms with E-state index in [1.54, 1.807) is 6.92 Å². The summed E-state index contributed by atoms with van der Waals surface area (Å²) >= 11 is 0. The van der Waals surface area contributed by atoms with Gasteiger partial charge in [0.2, 0.25) is 5.91 Å². The summed E-state index contributed by atoms with van der Waals surface area (Å²) in [6, 6.07) is 0. The van der Waals surface area contributed by atoms with Crippen molar-refractivity contribution in [2.24, 2.45) is 0 Å². The molecule has 0 aromatic heterocycles. The lowest BCUT2D eigenvalue weighted by molar-refractivity contribution is -0.118. The molecule has 0 fully saturated rings. The molecule has 1 amide bonds. The van der Waals surface area contributed by atoms with E-state index in [0.29, 0.717) is 0 Å². The van der Waals surface area contributed by atoms with Crippen molar-refractivity contribution >= 4 is 5.91 Å². The van der Waals surface area contributed by atoms with E-state index < -0.39 is 0 Å². The number of nitrogens with zero attached hydrogens (tertiary/aromatic N) is 1. The zero-order chi connectivity index (χ0) is 10.4. The van der Waals surface area contributed by atoms with E-state index in [1.165, 1.54) is 18.5 Å². The second kappa shape index (κ2) is 5.81. The van der Waals surface area contributed by atoms with Gasteiger partial charge < -0.3 is 5.32 Å². The summed E-state index contributed by atoms with van der Waals surface area (Å²) in [5.41, 5.74) is 1.37. The molecule has 1 aliphatic heterocycles. The lowest BCUT2D eigenvalue weighted by Crippen LogP contribution is -2.32.